The summed E-state index contributed by atoms with van der Waals surface area (Å²) in [6.45, 7) is 1.30. The number of hydrogen-bond acceptors (Lipinski definition) is 5. The van der Waals surface area contributed by atoms with Crippen molar-refractivity contribution in [2.75, 3.05) is 13.2 Å². The van der Waals surface area contributed by atoms with E-state index in [4.69, 9.17) is 27.9 Å². The Morgan fingerprint density at radius 3 is 2.82 bits per heavy atom. The van der Waals surface area contributed by atoms with Gasteiger partial charge in [-0.05, 0) is 24.3 Å². The minimum atomic E-state index is -0.347. The fourth-order valence-electron chi connectivity index (χ4n) is 3.82. The second kappa shape index (κ2) is 6.84. The van der Waals surface area contributed by atoms with Crippen LogP contribution in [0.15, 0.2) is 42.6 Å². The molecule has 2 aliphatic heterocycles. The summed E-state index contributed by atoms with van der Waals surface area (Å²) in [5.74, 6) is 1.20. The van der Waals surface area contributed by atoms with Gasteiger partial charge in [0.1, 0.15) is 11.7 Å². The second-order valence-electron chi connectivity index (χ2n) is 6.73. The molecule has 3 aromatic rings. The fraction of sp³-hybridized carbons (Fsp3) is 0.263. The molecular formula is C19H15Cl2N5O2. The Morgan fingerprint density at radius 2 is 2.00 bits per heavy atom. The van der Waals surface area contributed by atoms with Crippen LogP contribution in [0.4, 0.5) is 0 Å². The number of halogens is 2. The van der Waals surface area contributed by atoms with Gasteiger partial charge in [0, 0.05) is 12.7 Å². The summed E-state index contributed by atoms with van der Waals surface area (Å²) in [4.78, 5) is 19.5. The Labute approximate surface area is 170 Å². The number of nitrogens with zero attached hydrogens (tertiary/aromatic N) is 5. The molecule has 2 aliphatic rings. The van der Waals surface area contributed by atoms with E-state index < -0.39 is 0 Å². The molecule has 0 saturated carbocycles. The molecule has 9 heteroatoms. The van der Waals surface area contributed by atoms with E-state index in [9.17, 15) is 4.79 Å². The Balaban J connectivity index is 1.56. The lowest BCUT2D eigenvalue weighted by atomic mass is 10.0. The number of benzene rings is 1. The molecule has 0 N–H and O–H groups in total. The third-order valence-corrected chi connectivity index (χ3v) is 5.92. The normalized spacial score (nSPS) is 20.7. The first-order valence-corrected chi connectivity index (χ1v) is 9.59. The van der Waals surface area contributed by atoms with Crippen molar-refractivity contribution < 1.29 is 9.53 Å². The third-order valence-electron chi connectivity index (χ3n) is 5.10. The van der Waals surface area contributed by atoms with Gasteiger partial charge in [-0.1, -0.05) is 35.3 Å². The summed E-state index contributed by atoms with van der Waals surface area (Å²) in [6.07, 6.45) is 1.72. The van der Waals surface area contributed by atoms with Crippen LogP contribution in [0.2, 0.25) is 10.0 Å². The van der Waals surface area contributed by atoms with Gasteiger partial charge in [-0.25, -0.2) is 0 Å². The van der Waals surface area contributed by atoms with Crippen LogP contribution in [0.3, 0.4) is 0 Å². The summed E-state index contributed by atoms with van der Waals surface area (Å²) in [5, 5.41) is 9.31. The molecule has 1 amide bonds. The number of amides is 1. The minimum absolute atomic E-state index is 0.160. The molecule has 1 fully saturated rings. The average molecular weight is 416 g/mol. The lowest BCUT2D eigenvalue weighted by molar-refractivity contribution is -0.0569. The van der Waals surface area contributed by atoms with E-state index in [1.54, 1.807) is 29.3 Å². The Bertz CT molecular complexity index is 1060. The molecule has 2 bridgehead atoms. The molecule has 1 saturated heterocycles. The Morgan fingerprint density at radius 1 is 1.11 bits per heavy atom. The van der Waals surface area contributed by atoms with Crippen LogP contribution in [-0.4, -0.2) is 49.8 Å². The summed E-state index contributed by atoms with van der Waals surface area (Å²) >= 11 is 12.4. The highest BCUT2D eigenvalue weighted by Gasteiger charge is 2.44. The predicted octanol–water partition coefficient (Wildman–Crippen LogP) is 3.24. The average Bonchev–Trinajstić information content (AvgIpc) is 3.13. The van der Waals surface area contributed by atoms with Crippen molar-refractivity contribution in [2.45, 2.75) is 18.6 Å². The largest absolute Gasteiger partial charge is 0.377 e. The van der Waals surface area contributed by atoms with E-state index in [2.05, 4.69) is 15.2 Å². The van der Waals surface area contributed by atoms with Crippen LogP contribution in [-0.2, 0) is 11.3 Å². The summed E-state index contributed by atoms with van der Waals surface area (Å²) < 4.78 is 7.76. The number of aromatic nitrogens is 4. The zero-order valence-electron chi connectivity index (χ0n) is 14.6. The van der Waals surface area contributed by atoms with Crippen molar-refractivity contribution in [3.05, 3.63) is 64.0 Å². The molecule has 7 nitrogen and oxygen atoms in total. The molecule has 1 aromatic carbocycles. The van der Waals surface area contributed by atoms with Gasteiger partial charge in [0.2, 0.25) is 0 Å². The number of fused-ring (bicyclic) bond motifs is 4. The maximum absolute atomic E-state index is 13.3. The van der Waals surface area contributed by atoms with Crippen molar-refractivity contribution in [1.29, 1.82) is 0 Å². The van der Waals surface area contributed by atoms with E-state index >= 15 is 0 Å². The lowest BCUT2D eigenvalue weighted by Gasteiger charge is -2.45. The lowest BCUT2D eigenvalue weighted by Crippen LogP contribution is -2.56. The molecule has 0 radical (unpaired) electrons. The number of ether oxygens (including phenoxy) is 1. The Hall–Kier alpha value is -2.48. The van der Waals surface area contributed by atoms with Crippen LogP contribution >= 0.6 is 23.2 Å². The second-order valence-corrected chi connectivity index (χ2v) is 7.51. The van der Waals surface area contributed by atoms with Gasteiger partial charge in [0.25, 0.3) is 5.91 Å². The van der Waals surface area contributed by atoms with Gasteiger partial charge in [-0.3, -0.25) is 9.78 Å². The van der Waals surface area contributed by atoms with Crippen molar-refractivity contribution in [3.63, 3.8) is 0 Å². The molecule has 2 atom stereocenters. The first-order chi connectivity index (χ1) is 13.6. The third kappa shape index (κ3) is 2.70. The monoisotopic (exact) mass is 415 g/mol. The van der Waals surface area contributed by atoms with Gasteiger partial charge in [-0.15, -0.1) is 10.2 Å². The maximum atomic E-state index is 13.3. The molecule has 2 aromatic heterocycles. The van der Waals surface area contributed by atoms with Crippen molar-refractivity contribution in [2.24, 2.45) is 0 Å². The van der Waals surface area contributed by atoms with Crippen LogP contribution in [0.25, 0.3) is 11.5 Å². The zero-order valence-corrected chi connectivity index (χ0v) is 16.1. The SMILES string of the molecule is O=C(c1cccc(Cl)c1Cl)N1C2COCC1c1nnc(-c3ccccn3)n1C2. The molecule has 0 aliphatic carbocycles. The van der Waals surface area contributed by atoms with Crippen molar-refractivity contribution in [3.8, 4) is 11.5 Å². The zero-order chi connectivity index (χ0) is 19.3. The number of carbonyl (C=O) groups is 1. The van der Waals surface area contributed by atoms with Gasteiger partial charge < -0.3 is 14.2 Å². The van der Waals surface area contributed by atoms with Crippen LogP contribution in [0, 0.1) is 0 Å². The van der Waals surface area contributed by atoms with Crippen molar-refractivity contribution >= 4 is 29.1 Å². The highest BCUT2D eigenvalue weighted by Crippen LogP contribution is 2.37. The molecule has 0 spiro atoms. The van der Waals surface area contributed by atoms with Crippen LogP contribution in [0.1, 0.15) is 22.2 Å². The summed E-state index contributed by atoms with van der Waals surface area (Å²) in [5.41, 5.74) is 1.13. The molecule has 28 heavy (non-hydrogen) atoms. The fourth-order valence-corrected chi connectivity index (χ4v) is 4.20. The van der Waals surface area contributed by atoms with Crippen LogP contribution in [0.5, 0.6) is 0 Å². The Kier molecular flexibility index (Phi) is 4.30. The number of carbonyl (C=O) groups excluding carboxylic acids is 1. The quantitative estimate of drug-likeness (QED) is 0.642. The number of pyridine rings is 1. The molecule has 2 unspecified atom stereocenters. The molecular weight excluding hydrogens is 401 g/mol. The van der Waals surface area contributed by atoms with Crippen molar-refractivity contribution in [1.82, 2.24) is 24.6 Å². The maximum Gasteiger partial charge on any atom is 0.256 e. The predicted molar refractivity (Wildman–Crippen MR) is 103 cm³/mol. The van der Waals surface area contributed by atoms with E-state index in [1.807, 2.05) is 22.8 Å². The first-order valence-electron chi connectivity index (χ1n) is 8.84. The molecule has 142 valence electrons. The summed E-state index contributed by atoms with van der Waals surface area (Å²) in [7, 11) is 0. The highest BCUT2D eigenvalue weighted by molar-refractivity contribution is 6.43. The summed E-state index contributed by atoms with van der Waals surface area (Å²) in [6, 6.07) is 10.2. The van der Waals surface area contributed by atoms with E-state index in [1.165, 1.54) is 0 Å². The van der Waals surface area contributed by atoms with Gasteiger partial charge in [0.05, 0.1) is 34.9 Å². The highest BCUT2D eigenvalue weighted by atomic mass is 35.5. The van der Waals surface area contributed by atoms with Gasteiger partial charge in [-0.2, -0.15) is 0 Å². The smallest absolute Gasteiger partial charge is 0.256 e. The number of rotatable bonds is 2. The number of morpholine rings is 1. The minimum Gasteiger partial charge on any atom is -0.377 e. The van der Waals surface area contributed by atoms with Gasteiger partial charge in [0.15, 0.2) is 11.6 Å². The standard InChI is InChI=1S/C19H15Cl2N5O2/c20-13-5-3-4-12(16(13)21)19(27)26-11-8-25-17(14-6-1-2-7-22-14)23-24-18(25)15(26)10-28-9-11/h1-7,11,15H,8-10H2. The molecule has 4 heterocycles. The topological polar surface area (TPSA) is 73.1 Å². The van der Waals surface area contributed by atoms with E-state index in [-0.39, 0.29) is 23.0 Å². The van der Waals surface area contributed by atoms with E-state index in [0.717, 1.165) is 5.69 Å². The van der Waals surface area contributed by atoms with Crippen LogP contribution < -0.4 is 0 Å². The molecule has 5 rings (SSSR count). The first kappa shape index (κ1) is 17.6. The number of hydrogen-bond donors (Lipinski definition) is 0. The van der Waals surface area contributed by atoms with Gasteiger partial charge >= 0.3 is 0 Å². The van der Waals surface area contributed by atoms with E-state index in [0.29, 0.717) is 42.0 Å².